The fourth-order valence-electron chi connectivity index (χ4n) is 1.66. The fraction of sp³-hybridized carbons (Fsp3) is 0.429. The standard InChI is InChI=1S/C14H16N2O/c1-14(2,3)12-9-17-13(16-12)11-6-4-10(8-15)5-7-11/h4-7,12H,9H2,1-3H3. The second-order valence-corrected chi connectivity index (χ2v) is 5.32. The van der Waals surface area contributed by atoms with Crippen molar-refractivity contribution >= 4 is 5.90 Å². The van der Waals surface area contributed by atoms with Crippen molar-refractivity contribution in [2.24, 2.45) is 10.4 Å². The minimum atomic E-state index is 0.119. The highest BCUT2D eigenvalue weighted by molar-refractivity contribution is 5.95. The molecule has 0 amide bonds. The zero-order chi connectivity index (χ0) is 12.5. The Kier molecular flexibility index (Phi) is 2.89. The molecule has 1 aliphatic rings. The highest BCUT2D eigenvalue weighted by Gasteiger charge is 2.30. The van der Waals surface area contributed by atoms with Crippen molar-refractivity contribution in [1.82, 2.24) is 0 Å². The Hall–Kier alpha value is -1.82. The summed E-state index contributed by atoms with van der Waals surface area (Å²) in [6.07, 6.45) is 0. The Morgan fingerprint density at radius 3 is 2.41 bits per heavy atom. The quantitative estimate of drug-likeness (QED) is 0.742. The van der Waals surface area contributed by atoms with E-state index in [1.165, 1.54) is 0 Å². The summed E-state index contributed by atoms with van der Waals surface area (Å²) in [5.41, 5.74) is 1.71. The van der Waals surface area contributed by atoms with Crippen LogP contribution in [0.4, 0.5) is 0 Å². The molecule has 88 valence electrons. The van der Waals surface area contributed by atoms with Crippen LogP contribution in [-0.2, 0) is 4.74 Å². The molecule has 1 atom stereocenters. The Morgan fingerprint density at radius 2 is 1.94 bits per heavy atom. The van der Waals surface area contributed by atoms with Gasteiger partial charge in [0.15, 0.2) is 0 Å². The summed E-state index contributed by atoms with van der Waals surface area (Å²) < 4.78 is 5.62. The first-order valence-electron chi connectivity index (χ1n) is 5.72. The van der Waals surface area contributed by atoms with Gasteiger partial charge in [0.05, 0.1) is 17.7 Å². The maximum Gasteiger partial charge on any atom is 0.216 e. The summed E-state index contributed by atoms with van der Waals surface area (Å²) in [4.78, 5) is 4.60. The molecule has 0 fully saturated rings. The maximum absolute atomic E-state index is 8.73. The molecule has 1 aliphatic heterocycles. The van der Waals surface area contributed by atoms with Crippen LogP contribution in [0.3, 0.4) is 0 Å². The molecule has 0 radical (unpaired) electrons. The van der Waals surface area contributed by atoms with Crippen LogP contribution in [0.25, 0.3) is 0 Å². The molecule has 0 spiro atoms. The maximum atomic E-state index is 8.73. The zero-order valence-corrected chi connectivity index (χ0v) is 10.4. The zero-order valence-electron chi connectivity index (χ0n) is 10.4. The van der Waals surface area contributed by atoms with Crippen LogP contribution < -0.4 is 0 Å². The molecular weight excluding hydrogens is 212 g/mol. The van der Waals surface area contributed by atoms with Crippen LogP contribution in [0.15, 0.2) is 29.3 Å². The van der Waals surface area contributed by atoms with Gasteiger partial charge in [0.2, 0.25) is 5.90 Å². The lowest BCUT2D eigenvalue weighted by molar-refractivity contribution is 0.236. The Morgan fingerprint density at radius 1 is 1.29 bits per heavy atom. The third-order valence-corrected chi connectivity index (χ3v) is 2.91. The van der Waals surface area contributed by atoms with E-state index in [2.05, 4.69) is 31.8 Å². The first-order chi connectivity index (χ1) is 8.00. The van der Waals surface area contributed by atoms with Crippen molar-refractivity contribution in [3.8, 4) is 6.07 Å². The molecule has 3 nitrogen and oxygen atoms in total. The molecule has 2 rings (SSSR count). The van der Waals surface area contributed by atoms with Crippen LogP contribution >= 0.6 is 0 Å². The van der Waals surface area contributed by atoms with Crippen LogP contribution in [0.2, 0.25) is 0 Å². The van der Waals surface area contributed by atoms with Crippen LogP contribution in [0.1, 0.15) is 31.9 Å². The molecular formula is C14H16N2O. The average Bonchev–Trinajstić information content (AvgIpc) is 2.78. The highest BCUT2D eigenvalue weighted by Crippen LogP contribution is 2.27. The molecule has 1 unspecified atom stereocenters. The molecule has 1 aromatic rings. The van der Waals surface area contributed by atoms with Gasteiger partial charge in [0, 0.05) is 5.56 Å². The second-order valence-electron chi connectivity index (χ2n) is 5.32. The molecule has 3 heteroatoms. The average molecular weight is 228 g/mol. The number of hydrogen-bond donors (Lipinski definition) is 0. The van der Waals surface area contributed by atoms with E-state index in [4.69, 9.17) is 10.00 Å². The first-order valence-corrected chi connectivity index (χ1v) is 5.72. The Balaban J connectivity index is 2.22. The summed E-state index contributed by atoms with van der Waals surface area (Å²) in [5, 5.41) is 8.73. The van der Waals surface area contributed by atoms with Gasteiger partial charge in [0.25, 0.3) is 0 Å². The third kappa shape index (κ3) is 2.47. The van der Waals surface area contributed by atoms with Crippen molar-refractivity contribution < 1.29 is 4.74 Å². The normalized spacial score (nSPS) is 19.4. The first kappa shape index (κ1) is 11.7. The molecule has 1 aromatic carbocycles. The Labute approximate surface area is 102 Å². The number of rotatable bonds is 1. The molecule has 0 aliphatic carbocycles. The topological polar surface area (TPSA) is 45.4 Å². The van der Waals surface area contributed by atoms with Gasteiger partial charge in [-0.3, -0.25) is 0 Å². The van der Waals surface area contributed by atoms with Gasteiger partial charge in [0.1, 0.15) is 6.61 Å². The van der Waals surface area contributed by atoms with Gasteiger partial charge in [-0.2, -0.15) is 5.26 Å². The SMILES string of the molecule is CC(C)(C)C1COC(c2ccc(C#N)cc2)=N1. The van der Waals surface area contributed by atoms with E-state index in [0.717, 1.165) is 5.56 Å². The van der Waals surface area contributed by atoms with E-state index in [0.29, 0.717) is 18.1 Å². The van der Waals surface area contributed by atoms with Crippen molar-refractivity contribution in [1.29, 1.82) is 5.26 Å². The molecule has 0 bridgehead atoms. The number of ether oxygens (including phenoxy) is 1. The fourth-order valence-corrected chi connectivity index (χ4v) is 1.66. The smallest absolute Gasteiger partial charge is 0.216 e. The summed E-state index contributed by atoms with van der Waals surface area (Å²) in [7, 11) is 0. The van der Waals surface area contributed by atoms with Crippen molar-refractivity contribution in [2.45, 2.75) is 26.8 Å². The number of aliphatic imine (C=N–C) groups is 1. The monoisotopic (exact) mass is 228 g/mol. The molecule has 0 saturated heterocycles. The van der Waals surface area contributed by atoms with Gasteiger partial charge in [-0.15, -0.1) is 0 Å². The minimum Gasteiger partial charge on any atom is -0.475 e. The minimum absolute atomic E-state index is 0.119. The predicted octanol–water partition coefficient (Wildman–Crippen LogP) is 2.75. The van der Waals surface area contributed by atoms with Gasteiger partial charge < -0.3 is 4.74 Å². The van der Waals surface area contributed by atoms with Crippen molar-refractivity contribution in [3.63, 3.8) is 0 Å². The van der Waals surface area contributed by atoms with Gasteiger partial charge >= 0.3 is 0 Å². The van der Waals surface area contributed by atoms with E-state index in [1.807, 2.05) is 12.1 Å². The van der Waals surface area contributed by atoms with Gasteiger partial charge in [-0.1, -0.05) is 20.8 Å². The van der Waals surface area contributed by atoms with Crippen LogP contribution in [0, 0.1) is 16.7 Å². The van der Waals surface area contributed by atoms with E-state index < -0.39 is 0 Å². The molecule has 0 aromatic heterocycles. The van der Waals surface area contributed by atoms with Crippen molar-refractivity contribution in [2.75, 3.05) is 6.61 Å². The highest BCUT2D eigenvalue weighted by atomic mass is 16.5. The Bertz CT molecular complexity index is 474. The van der Waals surface area contributed by atoms with Gasteiger partial charge in [-0.05, 0) is 29.7 Å². The summed E-state index contributed by atoms with van der Waals surface area (Å²) in [6.45, 7) is 7.11. The second kappa shape index (κ2) is 4.21. The van der Waals surface area contributed by atoms with Crippen LogP contribution in [-0.4, -0.2) is 18.5 Å². The lowest BCUT2D eigenvalue weighted by atomic mass is 9.88. The number of nitriles is 1. The molecule has 1 heterocycles. The molecule has 0 N–H and O–H groups in total. The lowest BCUT2D eigenvalue weighted by Gasteiger charge is -2.21. The summed E-state index contributed by atoms with van der Waals surface area (Å²) in [5.74, 6) is 0.689. The van der Waals surface area contributed by atoms with E-state index in [-0.39, 0.29) is 11.5 Å². The number of benzene rings is 1. The van der Waals surface area contributed by atoms with E-state index >= 15 is 0 Å². The molecule has 0 saturated carbocycles. The largest absolute Gasteiger partial charge is 0.475 e. The van der Waals surface area contributed by atoms with E-state index in [9.17, 15) is 0 Å². The van der Waals surface area contributed by atoms with Gasteiger partial charge in [-0.25, -0.2) is 4.99 Å². The number of nitrogens with zero attached hydrogens (tertiary/aromatic N) is 2. The summed E-state index contributed by atoms with van der Waals surface area (Å²) in [6, 6.07) is 9.62. The number of hydrogen-bond acceptors (Lipinski definition) is 3. The van der Waals surface area contributed by atoms with Crippen LogP contribution in [0.5, 0.6) is 0 Å². The third-order valence-electron chi connectivity index (χ3n) is 2.91. The van der Waals surface area contributed by atoms with Crippen molar-refractivity contribution in [3.05, 3.63) is 35.4 Å². The predicted molar refractivity (Wildman–Crippen MR) is 66.9 cm³/mol. The van der Waals surface area contributed by atoms with E-state index in [1.54, 1.807) is 12.1 Å². The molecule has 17 heavy (non-hydrogen) atoms. The summed E-state index contributed by atoms with van der Waals surface area (Å²) >= 11 is 0. The lowest BCUT2D eigenvalue weighted by Crippen LogP contribution is -2.25.